The largest absolute Gasteiger partial charge is 0.294 e. The molecule has 0 amide bonds. The Balaban J connectivity index is 2.14. The smallest absolute Gasteiger partial charge is 0.166 e. The summed E-state index contributed by atoms with van der Waals surface area (Å²) in [6.45, 7) is 2.29. The molecule has 1 fully saturated rings. The van der Waals surface area contributed by atoms with Gasteiger partial charge in [0.15, 0.2) is 5.78 Å². The minimum absolute atomic E-state index is 0.329. The third-order valence-corrected chi connectivity index (χ3v) is 4.27. The van der Waals surface area contributed by atoms with Crippen LogP contribution in [0.1, 0.15) is 48.0 Å². The second-order valence-electron chi connectivity index (χ2n) is 4.94. The molecule has 2 aliphatic carbocycles. The van der Waals surface area contributed by atoms with E-state index in [0.717, 1.165) is 12.0 Å². The van der Waals surface area contributed by atoms with Crippen LogP contribution in [0.4, 0.5) is 0 Å². The summed E-state index contributed by atoms with van der Waals surface area (Å²) in [6, 6.07) is 8.17. The highest BCUT2D eigenvalue weighted by Crippen LogP contribution is 2.47. The van der Waals surface area contributed by atoms with E-state index >= 15 is 0 Å². The Morgan fingerprint density at radius 1 is 1.20 bits per heavy atom. The van der Waals surface area contributed by atoms with E-state index in [1.807, 2.05) is 12.1 Å². The predicted octanol–water partition coefficient (Wildman–Crippen LogP) is 3.40. The van der Waals surface area contributed by atoms with Gasteiger partial charge >= 0.3 is 0 Å². The van der Waals surface area contributed by atoms with Gasteiger partial charge in [0.1, 0.15) is 0 Å². The molecule has 0 aromatic heterocycles. The van der Waals surface area contributed by atoms with Crippen LogP contribution in [0, 0.1) is 11.8 Å². The zero-order valence-electron chi connectivity index (χ0n) is 9.07. The van der Waals surface area contributed by atoms with Crippen molar-refractivity contribution in [2.75, 3.05) is 0 Å². The van der Waals surface area contributed by atoms with Gasteiger partial charge in [-0.25, -0.2) is 0 Å². The number of fused-ring (bicyclic) bond motifs is 2. The van der Waals surface area contributed by atoms with E-state index in [4.69, 9.17) is 0 Å². The molecule has 1 nitrogen and oxygen atoms in total. The van der Waals surface area contributed by atoms with Crippen LogP contribution in [-0.4, -0.2) is 5.78 Å². The Morgan fingerprint density at radius 3 is 2.87 bits per heavy atom. The summed E-state index contributed by atoms with van der Waals surface area (Å²) in [5.74, 6) is 1.93. The third-order valence-electron chi connectivity index (χ3n) is 4.27. The zero-order chi connectivity index (χ0) is 10.4. The van der Waals surface area contributed by atoms with Crippen LogP contribution in [0.5, 0.6) is 0 Å². The fourth-order valence-corrected chi connectivity index (χ4v) is 3.46. The summed E-state index contributed by atoms with van der Waals surface area (Å²) in [5, 5.41) is 0. The number of carbonyl (C=O) groups excluding carboxylic acids is 1. The van der Waals surface area contributed by atoms with Crippen molar-refractivity contribution in [1.29, 1.82) is 0 Å². The SMILES string of the molecule is C[C@H]1c2ccccc2C(=O)[C@H]2CCC[C@@H]21. The molecule has 3 rings (SSSR count). The maximum absolute atomic E-state index is 12.2. The van der Waals surface area contributed by atoms with Crippen molar-refractivity contribution in [2.45, 2.75) is 32.1 Å². The Bertz CT molecular complexity index is 408. The number of carbonyl (C=O) groups is 1. The molecule has 1 aromatic carbocycles. The second kappa shape index (κ2) is 3.19. The number of hydrogen-bond acceptors (Lipinski definition) is 1. The van der Waals surface area contributed by atoms with Gasteiger partial charge in [-0.2, -0.15) is 0 Å². The molecule has 1 aromatic rings. The molecule has 15 heavy (non-hydrogen) atoms. The van der Waals surface area contributed by atoms with Crippen molar-refractivity contribution < 1.29 is 4.79 Å². The molecule has 0 saturated heterocycles. The number of Topliss-reactive ketones (excluding diaryl/α,β-unsaturated/α-hetero) is 1. The van der Waals surface area contributed by atoms with Crippen molar-refractivity contribution in [2.24, 2.45) is 11.8 Å². The quantitative estimate of drug-likeness (QED) is 0.627. The van der Waals surface area contributed by atoms with Crippen molar-refractivity contribution >= 4 is 5.78 Å². The molecule has 0 unspecified atom stereocenters. The van der Waals surface area contributed by atoms with Gasteiger partial charge in [0.2, 0.25) is 0 Å². The molecule has 0 aliphatic heterocycles. The molecule has 3 atom stereocenters. The van der Waals surface area contributed by atoms with Crippen LogP contribution in [0.25, 0.3) is 0 Å². The molecule has 0 bridgehead atoms. The lowest BCUT2D eigenvalue weighted by molar-refractivity contribution is 0.0860. The van der Waals surface area contributed by atoms with Crippen LogP contribution in [-0.2, 0) is 0 Å². The summed E-state index contributed by atoms with van der Waals surface area (Å²) < 4.78 is 0. The highest BCUT2D eigenvalue weighted by molar-refractivity contribution is 6.01. The second-order valence-corrected chi connectivity index (χ2v) is 4.94. The average molecular weight is 200 g/mol. The summed E-state index contributed by atoms with van der Waals surface area (Å²) in [6.07, 6.45) is 3.59. The Hall–Kier alpha value is -1.11. The van der Waals surface area contributed by atoms with E-state index in [9.17, 15) is 4.79 Å². The van der Waals surface area contributed by atoms with Gasteiger partial charge in [-0.15, -0.1) is 0 Å². The third kappa shape index (κ3) is 1.19. The Kier molecular flexibility index (Phi) is 1.95. The molecule has 1 saturated carbocycles. The number of rotatable bonds is 0. The molecular formula is C14H16O. The fourth-order valence-electron chi connectivity index (χ4n) is 3.46. The van der Waals surface area contributed by atoms with Gasteiger partial charge in [0.05, 0.1) is 0 Å². The summed E-state index contributed by atoms with van der Waals surface area (Å²) in [5.41, 5.74) is 2.28. The number of hydrogen-bond donors (Lipinski definition) is 0. The zero-order valence-corrected chi connectivity index (χ0v) is 9.07. The highest BCUT2D eigenvalue weighted by atomic mass is 16.1. The van der Waals surface area contributed by atoms with E-state index in [2.05, 4.69) is 19.1 Å². The first-order valence-electron chi connectivity index (χ1n) is 5.92. The lowest BCUT2D eigenvalue weighted by Gasteiger charge is -2.32. The molecular weight excluding hydrogens is 184 g/mol. The minimum atomic E-state index is 0.329. The van der Waals surface area contributed by atoms with E-state index in [1.165, 1.54) is 18.4 Å². The first-order chi connectivity index (χ1) is 7.29. The Morgan fingerprint density at radius 2 is 2.00 bits per heavy atom. The van der Waals surface area contributed by atoms with E-state index in [1.54, 1.807) is 0 Å². The lowest BCUT2D eigenvalue weighted by atomic mass is 9.71. The van der Waals surface area contributed by atoms with Gasteiger partial charge < -0.3 is 0 Å². The number of benzene rings is 1. The molecule has 0 heterocycles. The molecule has 78 valence electrons. The van der Waals surface area contributed by atoms with Crippen LogP contribution in [0.15, 0.2) is 24.3 Å². The van der Waals surface area contributed by atoms with E-state index < -0.39 is 0 Å². The van der Waals surface area contributed by atoms with E-state index in [0.29, 0.717) is 23.5 Å². The van der Waals surface area contributed by atoms with Crippen LogP contribution >= 0.6 is 0 Å². The first kappa shape index (κ1) is 9.14. The van der Waals surface area contributed by atoms with Gasteiger partial charge in [-0.3, -0.25) is 4.79 Å². The van der Waals surface area contributed by atoms with Gasteiger partial charge in [-0.05, 0) is 30.2 Å². The lowest BCUT2D eigenvalue weighted by Crippen LogP contribution is -2.30. The topological polar surface area (TPSA) is 17.1 Å². The normalized spacial score (nSPS) is 33.7. The molecule has 0 spiro atoms. The van der Waals surface area contributed by atoms with Crippen molar-refractivity contribution in [3.05, 3.63) is 35.4 Å². The maximum Gasteiger partial charge on any atom is 0.166 e. The predicted molar refractivity (Wildman–Crippen MR) is 60.0 cm³/mol. The molecule has 0 N–H and O–H groups in total. The van der Waals surface area contributed by atoms with Crippen LogP contribution in [0.3, 0.4) is 0 Å². The van der Waals surface area contributed by atoms with Crippen LogP contribution < -0.4 is 0 Å². The van der Waals surface area contributed by atoms with E-state index in [-0.39, 0.29) is 0 Å². The first-order valence-corrected chi connectivity index (χ1v) is 5.92. The van der Waals surface area contributed by atoms with Crippen molar-refractivity contribution in [3.63, 3.8) is 0 Å². The molecule has 1 heteroatoms. The summed E-state index contributed by atoms with van der Waals surface area (Å²) >= 11 is 0. The van der Waals surface area contributed by atoms with Gasteiger partial charge in [0.25, 0.3) is 0 Å². The van der Waals surface area contributed by atoms with Gasteiger partial charge in [0, 0.05) is 11.5 Å². The van der Waals surface area contributed by atoms with Gasteiger partial charge in [-0.1, -0.05) is 37.6 Å². The van der Waals surface area contributed by atoms with Crippen LogP contribution in [0.2, 0.25) is 0 Å². The fraction of sp³-hybridized carbons (Fsp3) is 0.500. The molecule has 0 radical (unpaired) electrons. The standard InChI is InChI=1S/C14H16O/c1-9-10-5-2-3-6-12(10)14(15)13-8-4-7-11(9)13/h2-3,5-6,9,11,13H,4,7-8H2,1H3/t9-,11+,13-/m0/s1. The summed E-state index contributed by atoms with van der Waals surface area (Å²) in [4.78, 5) is 12.2. The maximum atomic E-state index is 12.2. The monoisotopic (exact) mass is 200 g/mol. The Labute approximate surface area is 90.5 Å². The summed E-state index contributed by atoms with van der Waals surface area (Å²) in [7, 11) is 0. The minimum Gasteiger partial charge on any atom is -0.294 e. The van der Waals surface area contributed by atoms with Crippen molar-refractivity contribution in [1.82, 2.24) is 0 Å². The van der Waals surface area contributed by atoms with Crippen molar-refractivity contribution in [3.8, 4) is 0 Å². The average Bonchev–Trinajstić information content (AvgIpc) is 2.75. The number of ketones is 1. The highest BCUT2D eigenvalue weighted by Gasteiger charge is 2.42. The molecule has 2 aliphatic rings.